The predicted molar refractivity (Wildman–Crippen MR) is 61.4 cm³/mol. The number of ketones is 1. The zero-order valence-electron chi connectivity index (χ0n) is 9.66. The Kier molecular flexibility index (Phi) is 4.70. The molecule has 0 aliphatic heterocycles. The van der Waals surface area contributed by atoms with Gasteiger partial charge in [0.2, 0.25) is 0 Å². The van der Waals surface area contributed by atoms with Crippen molar-refractivity contribution in [1.82, 2.24) is 0 Å². The van der Waals surface area contributed by atoms with Crippen molar-refractivity contribution in [2.75, 3.05) is 7.11 Å². The molecule has 86 valence electrons. The number of Topliss-reactive ketones (excluding diaryl/α,β-unsaturated/α-hetero) is 1. The van der Waals surface area contributed by atoms with Crippen LogP contribution in [0, 0.1) is 0 Å². The van der Waals surface area contributed by atoms with Crippen LogP contribution in [0.4, 0.5) is 0 Å². The minimum atomic E-state index is -0.337. The first-order chi connectivity index (χ1) is 7.67. The molecular weight excluding hydrogens is 204 g/mol. The van der Waals surface area contributed by atoms with Crippen LogP contribution in [-0.4, -0.2) is 18.9 Å². The van der Waals surface area contributed by atoms with E-state index >= 15 is 0 Å². The van der Waals surface area contributed by atoms with Crippen molar-refractivity contribution in [3.63, 3.8) is 0 Å². The van der Waals surface area contributed by atoms with Crippen molar-refractivity contribution in [2.24, 2.45) is 0 Å². The molecule has 0 saturated heterocycles. The van der Waals surface area contributed by atoms with Crippen molar-refractivity contribution in [1.29, 1.82) is 0 Å². The van der Waals surface area contributed by atoms with Gasteiger partial charge >= 0.3 is 5.97 Å². The highest BCUT2D eigenvalue weighted by Crippen LogP contribution is 2.08. The summed E-state index contributed by atoms with van der Waals surface area (Å²) >= 11 is 0. The predicted octanol–water partition coefficient (Wildman–Crippen LogP) is 2.38. The highest BCUT2D eigenvalue weighted by atomic mass is 16.5. The first-order valence-corrected chi connectivity index (χ1v) is 5.36. The van der Waals surface area contributed by atoms with Gasteiger partial charge < -0.3 is 4.74 Å². The monoisotopic (exact) mass is 220 g/mol. The molecule has 0 bridgehead atoms. The van der Waals surface area contributed by atoms with E-state index < -0.39 is 0 Å². The number of benzene rings is 1. The molecular formula is C13H16O3. The smallest absolute Gasteiger partial charge is 0.337 e. The lowest BCUT2D eigenvalue weighted by Crippen LogP contribution is -2.02. The van der Waals surface area contributed by atoms with Crippen LogP contribution < -0.4 is 0 Å². The van der Waals surface area contributed by atoms with Gasteiger partial charge in [-0.15, -0.1) is 0 Å². The van der Waals surface area contributed by atoms with Gasteiger partial charge in [-0.3, -0.25) is 4.79 Å². The summed E-state index contributed by atoms with van der Waals surface area (Å²) < 4.78 is 4.60. The van der Waals surface area contributed by atoms with Gasteiger partial charge in [0.05, 0.1) is 12.7 Å². The molecule has 3 nitrogen and oxygen atoms in total. The topological polar surface area (TPSA) is 43.4 Å². The summed E-state index contributed by atoms with van der Waals surface area (Å²) in [7, 11) is 1.36. The van der Waals surface area contributed by atoms with Gasteiger partial charge in [-0.2, -0.15) is 0 Å². The maximum Gasteiger partial charge on any atom is 0.337 e. The van der Waals surface area contributed by atoms with Crippen LogP contribution >= 0.6 is 0 Å². The first kappa shape index (κ1) is 12.4. The summed E-state index contributed by atoms with van der Waals surface area (Å²) in [6, 6.07) is 7.15. The zero-order valence-corrected chi connectivity index (χ0v) is 9.66. The molecule has 0 spiro atoms. The second-order valence-corrected chi connectivity index (χ2v) is 3.58. The summed E-state index contributed by atoms with van der Waals surface area (Å²) in [4.78, 5) is 22.3. The Hall–Kier alpha value is -1.64. The summed E-state index contributed by atoms with van der Waals surface area (Å²) in [6.07, 6.45) is 1.88. The fourth-order valence-corrected chi connectivity index (χ4v) is 1.39. The van der Waals surface area contributed by atoms with Gasteiger partial charge in [0, 0.05) is 12.8 Å². The fraction of sp³-hybridized carbons (Fsp3) is 0.385. The van der Waals surface area contributed by atoms with Gasteiger partial charge in [-0.1, -0.05) is 19.1 Å². The highest BCUT2D eigenvalue weighted by molar-refractivity contribution is 5.89. The summed E-state index contributed by atoms with van der Waals surface area (Å²) in [5.74, 6) is -0.0757. The van der Waals surface area contributed by atoms with E-state index in [0.29, 0.717) is 18.4 Å². The molecule has 0 aromatic heterocycles. The molecule has 16 heavy (non-hydrogen) atoms. The molecule has 1 aromatic rings. The molecule has 0 aliphatic rings. The standard InChI is InChI=1S/C13H16O3/c1-3-12(14)9-6-10-4-7-11(8-5-10)13(15)16-2/h4-5,7-8H,3,6,9H2,1-2H3. The van der Waals surface area contributed by atoms with Crippen LogP contribution in [-0.2, 0) is 16.0 Å². The van der Waals surface area contributed by atoms with E-state index in [0.717, 1.165) is 12.0 Å². The van der Waals surface area contributed by atoms with Gasteiger partial charge in [0.25, 0.3) is 0 Å². The molecule has 1 aromatic carbocycles. The Morgan fingerprint density at radius 1 is 1.19 bits per heavy atom. The average Bonchev–Trinajstić information content (AvgIpc) is 2.35. The van der Waals surface area contributed by atoms with Crippen LogP contribution in [0.3, 0.4) is 0 Å². The van der Waals surface area contributed by atoms with E-state index in [9.17, 15) is 9.59 Å². The first-order valence-electron chi connectivity index (χ1n) is 5.36. The Labute approximate surface area is 95.4 Å². The molecule has 0 heterocycles. The van der Waals surface area contributed by atoms with Crippen LogP contribution in [0.5, 0.6) is 0 Å². The quantitative estimate of drug-likeness (QED) is 0.715. The summed E-state index contributed by atoms with van der Waals surface area (Å²) in [5.41, 5.74) is 1.60. The molecule has 0 aliphatic carbocycles. The Morgan fingerprint density at radius 2 is 1.81 bits per heavy atom. The summed E-state index contributed by atoms with van der Waals surface area (Å²) in [6.45, 7) is 1.86. The molecule has 0 saturated carbocycles. The third kappa shape index (κ3) is 3.50. The Balaban J connectivity index is 2.58. The molecule has 0 radical (unpaired) electrons. The van der Waals surface area contributed by atoms with Gasteiger partial charge in [0.15, 0.2) is 0 Å². The van der Waals surface area contributed by atoms with Crippen molar-refractivity contribution in [3.05, 3.63) is 35.4 Å². The number of carbonyl (C=O) groups excluding carboxylic acids is 2. The molecule has 0 unspecified atom stereocenters. The highest BCUT2D eigenvalue weighted by Gasteiger charge is 2.05. The third-order valence-electron chi connectivity index (χ3n) is 2.46. The number of hydrogen-bond acceptors (Lipinski definition) is 3. The van der Waals surface area contributed by atoms with Gasteiger partial charge in [0.1, 0.15) is 5.78 Å². The molecule has 1 rings (SSSR count). The number of rotatable bonds is 5. The van der Waals surface area contributed by atoms with Crippen molar-refractivity contribution in [3.8, 4) is 0 Å². The van der Waals surface area contributed by atoms with E-state index in [1.165, 1.54) is 7.11 Å². The van der Waals surface area contributed by atoms with E-state index in [-0.39, 0.29) is 11.8 Å². The van der Waals surface area contributed by atoms with Gasteiger partial charge in [-0.25, -0.2) is 4.79 Å². The number of hydrogen-bond donors (Lipinski definition) is 0. The minimum absolute atomic E-state index is 0.261. The van der Waals surface area contributed by atoms with Crippen LogP contribution in [0.2, 0.25) is 0 Å². The zero-order chi connectivity index (χ0) is 12.0. The minimum Gasteiger partial charge on any atom is -0.465 e. The second-order valence-electron chi connectivity index (χ2n) is 3.58. The fourth-order valence-electron chi connectivity index (χ4n) is 1.39. The largest absolute Gasteiger partial charge is 0.465 e. The number of aryl methyl sites for hydroxylation is 1. The summed E-state index contributed by atoms with van der Waals surface area (Å²) in [5, 5.41) is 0. The number of carbonyl (C=O) groups is 2. The lowest BCUT2D eigenvalue weighted by atomic mass is 10.0. The molecule has 0 fully saturated rings. The van der Waals surface area contributed by atoms with E-state index in [2.05, 4.69) is 4.74 Å². The third-order valence-corrected chi connectivity index (χ3v) is 2.46. The lowest BCUT2D eigenvalue weighted by molar-refractivity contribution is -0.118. The number of methoxy groups -OCH3 is 1. The Morgan fingerprint density at radius 3 is 2.31 bits per heavy atom. The molecule has 0 N–H and O–H groups in total. The maximum atomic E-state index is 11.2. The molecule has 3 heteroatoms. The average molecular weight is 220 g/mol. The van der Waals surface area contributed by atoms with Crippen LogP contribution in [0.1, 0.15) is 35.7 Å². The second kappa shape index (κ2) is 6.05. The normalized spacial score (nSPS) is 9.88. The Bertz CT molecular complexity index is 365. The van der Waals surface area contributed by atoms with E-state index in [1.54, 1.807) is 12.1 Å². The SMILES string of the molecule is CCC(=O)CCc1ccc(C(=O)OC)cc1. The van der Waals surface area contributed by atoms with E-state index in [1.807, 2.05) is 19.1 Å². The van der Waals surface area contributed by atoms with Gasteiger partial charge in [-0.05, 0) is 24.1 Å². The molecule has 0 amide bonds. The number of esters is 1. The van der Waals surface area contributed by atoms with Crippen LogP contribution in [0.25, 0.3) is 0 Å². The van der Waals surface area contributed by atoms with Crippen LogP contribution in [0.15, 0.2) is 24.3 Å². The number of ether oxygens (including phenoxy) is 1. The van der Waals surface area contributed by atoms with Crippen molar-refractivity contribution in [2.45, 2.75) is 26.2 Å². The lowest BCUT2D eigenvalue weighted by Gasteiger charge is -2.02. The molecule has 0 atom stereocenters. The van der Waals surface area contributed by atoms with Crippen molar-refractivity contribution >= 4 is 11.8 Å². The van der Waals surface area contributed by atoms with Crippen molar-refractivity contribution < 1.29 is 14.3 Å². The maximum absolute atomic E-state index is 11.2. The van der Waals surface area contributed by atoms with E-state index in [4.69, 9.17) is 0 Å².